The lowest BCUT2D eigenvalue weighted by Crippen LogP contribution is -2.27. The summed E-state index contributed by atoms with van der Waals surface area (Å²) in [5.41, 5.74) is 2.53. The van der Waals surface area contributed by atoms with Crippen molar-refractivity contribution in [2.45, 2.75) is 26.4 Å². The number of esters is 1. The number of ether oxygens (including phenoxy) is 2. The minimum absolute atomic E-state index is 0.0160. The van der Waals surface area contributed by atoms with Crippen LogP contribution in [0.4, 0.5) is 14.9 Å². The lowest BCUT2D eigenvalue weighted by molar-refractivity contribution is -0.129. The van der Waals surface area contributed by atoms with Crippen molar-refractivity contribution in [2.24, 2.45) is 10.8 Å². The Morgan fingerprint density at radius 3 is 2.36 bits per heavy atom. The van der Waals surface area contributed by atoms with Gasteiger partial charge in [0.25, 0.3) is 0 Å². The molecular formula is C21H19Cl2FN4O5. The van der Waals surface area contributed by atoms with Crippen molar-refractivity contribution >= 4 is 46.7 Å². The highest BCUT2D eigenvalue weighted by Crippen LogP contribution is 2.42. The summed E-state index contributed by atoms with van der Waals surface area (Å²) < 4.78 is 24.2. The first-order chi connectivity index (χ1) is 15.4. The molecule has 0 aliphatic rings. The third-order valence-corrected chi connectivity index (χ3v) is 4.68. The molecule has 0 radical (unpaired) electrons. The molecule has 33 heavy (non-hydrogen) atoms. The quantitative estimate of drug-likeness (QED) is 0.237. The van der Waals surface area contributed by atoms with E-state index in [0.29, 0.717) is 0 Å². The van der Waals surface area contributed by atoms with Crippen molar-refractivity contribution in [1.82, 2.24) is 0 Å². The molecule has 1 amide bonds. The molecule has 3 N–H and O–H groups in total. The number of phenols is 1. The summed E-state index contributed by atoms with van der Waals surface area (Å²) in [6.07, 6.45) is -1.38. The Kier molecular flexibility index (Phi) is 8.08. The van der Waals surface area contributed by atoms with E-state index in [9.17, 15) is 19.1 Å². The topological polar surface area (TPSA) is 138 Å². The van der Waals surface area contributed by atoms with E-state index in [4.69, 9.17) is 38.9 Å². The van der Waals surface area contributed by atoms with Gasteiger partial charge in [-0.05, 0) is 51.1 Å². The number of hydrogen-bond donors (Lipinski definition) is 2. The molecule has 0 unspecified atom stereocenters. The summed E-state index contributed by atoms with van der Waals surface area (Å²) in [5.74, 6) is -1.33. The van der Waals surface area contributed by atoms with E-state index in [1.54, 1.807) is 6.92 Å². The Bertz CT molecular complexity index is 1140. The number of halogens is 3. The van der Waals surface area contributed by atoms with Crippen LogP contribution < -0.4 is 15.5 Å². The zero-order chi connectivity index (χ0) is 24.9. The monoisotopic (exact) mass is 496 g/mol. The second-order valence-corrected chi connectivity index (χ2v) is 7.79. The summed E-state index contributed by atoms with van der Waals surface area (Å²) in [6, 6.07) is 8.35. The predicted octanol–water partition coefficient (Wildman–Crippen LogP) is 5.02. The minimum Gasteiger partial charge on any atom is -0.508 e. The van der Waals surface area contributed by atoms with Crippen molar-refractivity contribution in [3.8, 4) is 23.3 Å². The van der Waals surface area contributed by atoms with Gasteiger partial charge in [0.1, 0.15) is 23.2 Å². The van der Waals surface area contributed by atoms with E-state index >= 15 is 0 Å². The molecule has 0 spiro atoms. The van der Waals surface area contributed by atoms with Gasteiger partial charge in [-0.1, -0.05) is 23.2 Å². The molecular weight excluding hydrogens is 478 g/mol. The Hall–Kier alpha value is -3.55. The van der Waals surface area contributed by atoms with Crippen LogP contribution in [0.1, 0.15) is 26.3 Å². The number of carbonyl (C=O) groups excluding carboxylic acids is 2. The van der Waals surface area contributed by atoms with Crippen LogP contribution in [-0.4, -0.2) is 29.4 Å². The van der Waals surface area contributed by atoms with Crippen molar-refractivity contribution in [3.63, 3.8) is 0 Å². The SMILES string of the molecule is CCN(N=C(C#N)C(=O)OC(N)=O)c1cc(Cl)c(Oc2ccc(O)c(C(C)(C)F)c2)c(Cl)c1. The molecule has 0 fully saturated rings. The molecule has 174 valence electrons. The molecule has 0 heterocycles. The standard InChI is InChI=1S/C21H19Cl2FN4O5/c1-4-28(27-16(10-25)19(30)33-20(26)31)11-7-14(22)18(15(23)8-11)32-12-5-6-17(29)13(9-12)21(2,3)24/h5-9,29H,4H2,1-3H3,(H2,26,31). The van der Waals surface area contributed by atoms with Crippen molar-refractivity contribution < 1.29 is 28.6 Å². The first-order valence-electron chi connectivity index (χ1n) is 9.34. The normalized spacial score (nSPS) is 11.5. The van der Waals surface area contributed by atoms with Crippen molar-refractivity contribution in [1.29, 1.82) is 5.26 Å². The zero-order valence-corrected chi connectivity index (χ0v) is 19.2. The van der Waals surface area contributed by atoms with Crippen molar-refractivity contribution in [3.05, 3.63) is 45.9 Å². The Labute approximate surface area is 198 Å². The molecule has 12 heteroatoms. The van der Waals surface area contributed by atoms with Gasteiger partial charge in [-0.2, -0.15) is 10.4 Å². The number of primary amides is 1. The highest BCUT2D eigenvalue weighted by Gasteiger charge is 2.24. The number of alkyl halides is 1. The summed E-state index contributed by atoms with van der Waals surface area (Å²) in [4.78, 5) is 22.5. The van der Waals surface area contributed by atoms with Gasteiger partial charge in [0, 0.05) is 12.1 Å². The predicted molar refractivity (Wildman–Crippen MR) is 121 cm³/mol. The van der Waals surface area contributed by atoms with Crippen molar-refractivity contribution in [2.75, 3.05) is 11.6 Å². The van der Waals surface area contributed by atoms with Crippen LogP contribution in [0.15, 0.2) is 35.4 Å². The third kappa shape index (κ3) is 6.47. The molecule has 0 bridgehead atoms. The van der Waals surface area contributed by atoms with Gasteiger partial charge in [-0.25, -0.2) is 14.0 Å². The first-order valence-corrected chi connectivity index (χ1v) is 10.1. The van der Waals surface area contributed by atoms with Crippen LogP contribution in [0.2, 0.25) is 10.0 Å². The summed E-state index contributed by atoms with van der Waals surface area (Å²) in [7, 11) is 0. The average molecular weight is 497 g/mol. The fourth-order valence-electron chi connectivity index (χ4n) is 2.65. The molecule has 0 aliphatic heterocycles. The number of hydrazone groups is 1. The number of phenolic OH excluding ortho intramolecular Hbond substituents is 1. The van der Waals surface area contributed by atoms with Gasteiger partial charge in [-0.3, -0.25) is 5.01 Å². The number of benzene rings is 2. The maximum Gasteiger partial charge on any atom is 0.412 e. The van der Waals surface area contributed by atoms with Crippen LogP contribution in [0.5, 0.6) is 17.2 Å². The molecule has 2 rings (SSSR count). The number of rotatable bonds is 7. The van der Waals surface area contributed by atoms with Crippen LogP contribution in [0.25, 0.3) is 0 Å². The summed E-state index contributed by atoms with van der Waals surface area (Å²) in [5, 5.41) is 24.2. The number of anilines is 1. The van der Waals surface area contributed by atoms with Gasteiger partial charge < -0.3 is 20.3 Å². The Morgan fingerprint density at radius 2 is 1.88 bits per heavy atom. The highest BCUT2D eigenvalue weighted by molar-refractivity contribution is 6.44. The van der Waals surface area contributed by atoms with E-state index in [2.05, 4.69) is 9.84 Å². The van der Waals surface area contributed by atoms with Crippen LogP contribution >= 0.6 is 23.2 Å². The first kappa shape index (κ1) is 25.7. The molecule has 0 aromatic heterocycles. The number of nitrogens with two attached hydrogens (primary N) is 1. The minimum atomic E-state index is -1.82. The van der Waals surface area contributed by atoms with E-state index < -0.39 is 23.4 Å². The van der Waals surface area contributed by atoms with E-state index in [1.807, 2.05) is 0 Å². The Morgan fingerprint density at radius 1 is 1.27 bits per heavy atom. The maximum atomic E-state index is 14.3. The second kappa shape index (κ2) is 10.4. The third-order valence-electron chi connectivity index (χ3n) is 4.12. The zero-order valence-electron chi connectivity index (χ0n) is 17.7. The molecule has 2 aromatic carbocycles. The maximum absolute atomic E-state index is 14.3. The summed E-state index contributed by atoms with van der Waals surface area (Å²) >= 11 is 12.6. The van der Waals surface area contributed by atoms with Crippen LogP contribution in [0.3, 0.4) is 0 Å². The number of nitriles is 1. The van der Waals surface area contributed by atoms with Crippen LogP contribution in [-0.2, 0) is 15.2 Å². The van der Waals surface area contributed by atoms with Gasteiger partial charge in [0.15, 0.2) is 5.75 Å². The molecule has 0 saturated carbocycles. The molecule has 0 saturated heterocycles. The van der Waals surface area contributed by atoms with E-state index in [-0.39, 0.29) is 45.1 Å². The largest absolute Gasteiger partial charge is 0.508 e. The van der Waals surface area contributed by atoms with Gasteiger partial charge in [-0.15, -0.1) is 0 Å². The molecule has 2 aromatic rings. The Balaban J connectivity index is 2.40. The average Bonchev–Trinajstić information content (AvgIpc) is 2.71. The number of hydrogen-bond acceptors (Lipinski definition) is 8. The highest BCUT2D eigenvalue weighted by atomic mass is 35.5. The second-order valence-electron chi connectivity index (χ2n) is 6.98. The number of aromatic hydroxyl groups is 1. The van der Waals surface area contributed by atoms with Gasteiger partial charge in [0.2, 0.25) is 5.71 Å². The molecule has 0 atom stereocenters. The van der Waals surface area contributed by atoms with E-state index in [1.165, 1.54) is 55.3 Å². The van der Waals surface area contributed by atoms with E-state index in [0.717, 1.165) is 0 Å². The number of carbonyl (C=O) groups is 2. The number of nitrogens with zero attached hydrogens (tertiary/aromatic N) is 3. The van der Waals surface area contributed by atoms with Gasteiger partial charge >= 0.3 is 12.1 Å². The lowest BCUT2D eigenvalue weighted by Gasteiger charge is -2.20. The van der Waals surface area contributed by atoms with Crippen LogP contribution in [0, 0.1) is 11.3 Å². The summed E-state index contributed by atoms with van der Waals surface area (Å²) in [6.45, 7) is 4.42. The molecule has 0 aliphatic carbocycles. The smallest absolute Gasteiger partial charge is 0.412 e. The fraction of sp³-hybridized carbons (Fsp3) is 0.238. The van der Waals surface area contributed by atoms with Gasteiger partial charge in [0.05, 0.1) is 15.7 Å². The lowest BCUT2D eigenvalue weighted by atomic mass is 9.99. The number of amides is 1. The molecule has 9 nitrogen and oxygen atoms in total. The fourth-order valence-corrected chi connectivity index (χ4v) is 3.20.